The lowest BCUT2D eigenvalue weighted by molar-refractivity contribution is 0.742. The predicted molar refractivity (Wildman–Crippen MR) is 87.2 cm³/mol. The first kappa shape index (κ1) is 15.6. The van der Waals surface area contributed by atoms with Crippen LogP contribution in [0.5, 0.6) is 0 Å². The average Bonchev–Trinajstić information content (AvgIpc) is 3.05. The number of rotatable bonds is 9. The lowest BCUT2D eigenvalue weighted by atomic mass is 10.2. The van der Waals surface area contributed by atoms with Crippen molar-refractivity contribution in [3.63, 3.8) is 0 Å². The van der Waals surface area contributed by atoms with Gasteiger partial charge >= 0.3 is 0 Å². The van der Waals surface area contributed by atoms with Crippen LogP contribution < -0.4 is 10.6 Å². The molecular weight excluding hydrogens is 286 g/mol. The molecule has 2 aromatic heterocycles. The van der Waals surface area contributed by atoms with Crippen molar-refractivity contribution in [2.45, 2.75) is 19.3 Å². The SMILES string of the molecule is CNc1nc(NCCCCCSC)nc(-n2cccn2)n1. The van der Waals surface area contributed by atoms with Gasteiger partial charge < -0.3 is 10.6 Å². The smallest absolute Gasteiger partial charge is 0.257 e. The van der Waals surface area contributed by atoms with Gasteiger partial charge in [-0.1, -0.05) is 6.42 Å². The molecule has 0 bridgehead atoms. The zero-order chi connectivity index (χ0) is 14.9. The Morgan fingerprint density at radius 1 is 1.14 bits per heavy atom. The molecule has 0 aliphatic carbocycles. The van der Waals surface area contributed by atoms with Gasteiger partial charge in [0.1, 0.15) is 0 Å². The van der Waals surface area contributed by atoms with Crippen molar-refractivity contribution in [3.8, 4) is 5.95 Å². The zero-order valence-corrected chi connectivity index (χ0v) is 13.2. The highest BCUT2D eigenvalue weighted by Gasteiger charge is 2.07. The molecule has 8 heteroatoms. The third-order valence-electron chi connectivity index (χ3n) is 2.86. The molecule has 0 fully saturated rings. The highest BCUT2D eigenvalue weighted by Crippen LogP contribution is 2.09. The van der Waals surface area contributed by atoms with Gasteiger partial charge in [-0.05, 0) is 30.9 Å². The minimum atomic E-state index is 0.504. The van der Waals surface area contributed by atoms with E-state index in [1.165, 1.54) is 18.6 Å². The van der Waals surface area contributed by atoms with Crippen molar-refractivity contribution in [2.24, 2.45) is 0 Å². The van der Waals surface area contributed by atoms with Gasteiger partial charge in [-0.3, -0.25) is 0 Å². The number of unbranched alkanes of at least 4 members (excludes halogenated alkanes) is 2. The van der Waals surface area contributed by atoms with Crippen LogP contribution in [0.3, 0.4) is 0 Å². The standard InChI is InChI=1S/C13H21N7S/c1-14-11-17-12(15-7-4-3-5-10-21-2)19-13(18-11)20-9-6-8-16-20/h6,8-9H,3-5,7,10H2,1-2H3,(H2,14,15,17,18,19). The van der Waals surface area contributed by atoms with Gasteiger partial charge in [0.15, 0.2) is 0 Å². The lowest BCUT2D eigenvalue weighted by Crippen LogP contribution is -2.12. The van der Waals surface area contributed by atoms with Crippen LogP contribution in [0.2, 0.25) is 0 Å². The summed E-state index contributed by atoms with van der Waals surface area (Å²) in [5, 5.41) is 10.3. The maximum Gasteiger partial charge on any atom is 0.257 e. The Morgan fingerprint density at radius 2 is 2.00 bits per heavy atom. The zero-order valence-electron chi connectivity index (χ0n) is 12.4. The summed E-state index contributed by atoms with van der Waals surface area (Å²) in [6.07, 6.45) is 9.21. The summed E-state index contributed by atoms with van der Waals surface area (Å²) in [6.45, 7) is 0.861. The molecule has 2 N–H and O–H groups in total. The van der Waals surface area contributed by atoms with E-state index >= 15 is 0 Å². The Hall–Kier alpha value is -1.83. The first-order valence-electron chi connectivity index (χ1n) is 7.00. The number of anilines is 2. The Labute approximate surface area is 129 Å². The molecule has 114 valence electrons. The van der Waals surface area contributed by atoms with E-state index in [-0.39, 0.29) is 0 Å². The van der Waals surface area contributed by atoms with Crippen molar-refractivity contribution < 1.29 is 0 Å². The van der Waals surface area contributed by atoms with Gasteiger partial charge in [0, 0.05) is 26.0 Å². The molecule has 2 heterocycles. The third-order valence-corrected chi connectivity index (χ3v) is 3.56. The van der Waals surface area contributed by atoms with Crippen LogP contribution in [-0.2, 0) is 0 Å². The fraction of sp³-hybridized carbons (Fsp3) is 0.538. The van der Waals surface area contributed by atoms with Crippen LogP contribution in [-0.4, -0.2) is 50.3 Å². The molecule has 0 spiro atoms. The monoisotopic (exact) mass is 307 g/mol. The molecule has 0 aliphatic heterocycles. The van der Waals surface area contributed by atoms with Crippen molar-refractivity contribution in [1.82, 2.24) is 24.7 Å². The minimum Gasteiger partial charge on any atom is -0.357 e. The molecule has 0 saturated carbocycles. The molecule has 0 atom stereocenters. The van der Waals surface area contributed by atoms with E-state index in [9.17, 15) is 0 Å². The van der Waals surface area contributed by atoms with E-state index in [2.05, 4.69) is 36.9 Å². The maximum absolute atomic E-state index is 4.38. The van der Waals surface area contributed by atoms with Gasteiger partial charge in [0.05, 0.1) is 0 Å². The molecule has 0 amide bonds. The summed E-state index contributed by atoms with van der Waals surface area (Å²) in [5.41, 5.74) is 0. The number of hydrogen-bond donors (Lipinski definition) is 2. The second-order valence-electron chi connectivity index (χ2n) is 4.46. The van der Waals surface area contributed by atoms with Gasteiger partial charge in [-0.2, -0.15) is 31.8 Å². The summed E-state index contributed by atoms with van der Waals surface area (Å²) >= 11 is 1.89. The Morgan fingerprint density at radius 3 is 2.71 bits per heavy atom. The van der Waals surface area contributed by atoms with Crippen molar-refractivity contribution in [2.75, 3.05) is 36.2 Å². The highest BCUT2D eigenvalue weighted by atomic mass is 32.2. The van der Waals surface area contributed by atoms with Gasteiger partial charge in [0.2, 0.25) is 11.9 Å². The highest BCUT2D eigenvalue weighted by molar-refractivity contribution is 7.98. The largest absolute Gasteiger partial charge is 0.357 e. The van der Waals surface area contributed by atoms with Gasteiger partial charge in [0.25, 0.3) is 5.95 Å². The maximum atomic E-state index is 4.38. The minimum absolute atomic E-state index is 0.504. The summed E-state index contributed by atoms with van der Waals surface area (Å²) in [4.78, 5) is 13.0. The average molecular weight is 307 g/mol. The molecule has 0 radical (unpaired) electrons. The summed E-state index contributed by atoms with van der Waals surface area (Å²) in [6, 6.07) is 1.84. The van der Waals surface area contributed by atoms with Gasteiger partial charge in [-0.15, -0.1) is 0 Å². The molecule has 2 aromatic rings. The van der Waals surface area contributed by atoms with E-state index in [0.29, 0.717) is 17.8 Å². The lowest BCUT2D eigenvalue weighted by Gasteiger charge is -2.08. The van der Waals surface area contributed by atoms with Crippen LogP contribution in [0.25, 0.3) is 5.95 Å². The number of thioether (sulfide) groups is 1. The van der Waals surface area contributed by atoms with E-state index in [1.807, 2.05) is 17.8 Å². The van der Waals surface area contributed by atoms with Crippen LogP contribution in [0.15, 0.2) is 18.5 Å². The molecular formula is C13H21N7S. The summed E-state index contributed by atoms with van der Waals surface area (Å²) < 4.78 is 1.62. The number of hydrogen-bond acceptors (Lipinski definition) is 7. The number of aromatic nitrogens is 5. The van der Waals surface area contributed by atoms with Gasteiger partial charge in [-0.25, -0.2) is 4.68 Å². The fourth-order valence-corrected chi connectivity index (χ4v) is 2.29. The molecule has 0 aromatic carbocycles. The van der Waals surface area contributed by atoms with Crippen molar-refractivity contribution in [3.05, 3.63) is 18.5 Å². The Balaban J connectivity index is 1.94. The first-order chi connectivity index (χ1) is 10.3. The Bertz CT molecular complexity index is 529. The van der Waals surface area contributed by atoms with Crippen LogP contribution >= 0.6 is 11.8 Å². The first-order valence-corrected chi connectivity index (χ1v) is 8.39. The predicted octanol–water partition coefficient (Wildman–Crippen LogP) is 2.04. The van der Waals surface area contributed by atoms with Crippen LogP contribution in [0.4, 0.5) is 11.9 Å². The quantitative estimate of drug-likeness (QED) is 0.686. The number of nitrogens with one attached hydrogen (secondary N) is 2. The van der Waals surface area contributed by atoms with E-state index < -0.39 is 0 Å². The van der Waals surface area contributed by atoms with Crippen LogP contribution in [0, 0.1) is 0 Å². The molecule has 2 rings (SSSR count). The second kappa shape index (κ2) is 8.46. The van der Waals surface area contributed by atoms with E-state index in [1.54, 1.807) is 24.1 Å². The summed E-state index contributed by atoms with van der Waals surface area (Å²) in [5.74, 6) is 2.83. The molecule has 7 nitrogen and oxygen atoms in total. The van der Waals surface area contributed by atoms with Crippen molar-refractivity contribution in [1.29, 1.82) is 0 Å². The van der Waals surface area contributed by atoms with E-state index in [0.717, 1.165) is 13.0 Å². The van der Waals surface area contributed by atoms with Crippen LogP contribution in [0.1, 0.15) is 19.3 Å². The van der Waals surface area contributed by atoms with E-state index in [4.69, 9.17) is 0 Å². The van der Waals surface area contributed by atoms with Crippen molar-refractivity contribution >= 4 is 23.7 Å². The third kappa shape index (κ3) is 4.89. The fourth-order valence-electron chi connectivity index (χ4n) is 1.79. The molecule has 0 aliphatic rings. The number of nitrogens with zero attached hydrogens (tertiary/aromatic N) is 5. The molecule has 0 saturated heterocycles. The topological polar surface area (TPSA) is 80.5 Å². The molecule has 0 unspecified atom stereocenters. The normalized spacial score (nSPS) is 10.6. The Kier molecular flexibility index (Phi) is 6.26. The second-order valence-corrected chi connectivity index (χ2v) is 5.45. The molecule has 21 heavy (non-hydrogen) atoms. The summed E-state index contributed by atoms with van der Waals surface area (Å²) in [7, 11) is 1.79.